The lowest BCUT2D eigenvalue weighted by molar-refractivity contribution is -0.115. The fourth-order valence-corrected chi connectivity index (χ4v) is 1.74. The lowest BCUT2D eigenvalue weighted by Crippen LogP contribution is -2.21. The van der Waals surface area contributed by atoms with E-state index in [0.717, 1.165) is 0 Å². The second-order valence-electron chi connectivity index (χ2n) is 3.62. The molecule has 1 amide bonds. The molecule has 0 aliphatic carbocycles. The Labute approximate surface area is 109 Å². The van der Waals surface area contributed by atoms with Crippen LogP contribution in [0.1, 0.15) is 12.5 Å². The summed E-state index contributed by atoms with van der Waals surface area (Å²) in [5.41, 5.74) is 0.820. The van der Waals surface area contributed by atoms with Crippen molar-refractivity contribution >= 4 is 29.3 Å². The molecule has 1 heterocycles. The van der Waals surface area contributed by atoms with Crippen molar-refractivity contribution in [1.82, 2.24) is 10.6 Å². The zero-order valence-electron chi connectivity index (χ0n) is 9.69. The van der Waals surface area contributed by atoms with Crippen molar-refractivity contribution in [2.75, 3.05) is 6.61 Å². The van der Waals surface area contributed by atoms with Gasteiger partial charge in [0, 0.05) is 11.6 Å². The number of hydrogen-bond acceptors (Lipinski definition) is 4. The van der Waals surface area contributed by atoms with Crippen molar-refractivity contribution in [3.8, 4) is 11.5 Å². The number of carbonyl (C=O) groups is 1. The Hall–Kier alpha value is -2.08. The average Bonchev–Trinajstić information content (AvgIpc) is 2.62. The van der Waals surface area contributed by atoms with Crippen molar-refractivity contribution in [2.24, 2.45) is 0 Å². The SMILES string of the molecule is CCOc1ccc(C=C2NC(=S)NC2=O)c(O)c1. The molecule has 0 spiro atoms. The minimum atomic E-state index is -0.312. The van der Waals surface area contributed by atoms with Gasteiger partial charge in [-0.25, -0.2) is 0 Å². The van der Waals surface area contributed by atoms with Gasteiger partial charge in [-0.1, -0.05) is 0 Å². The van der Waals surface area contributed by atoms with E-state index < -0.39 is 0 Å². The third-order valence-electron chi connectivity index (χ3n) is 2.33. The topological polar surface area (TPSA) is 70.6 Å². The second kappa shape index (κ2) is 5.05. The number of phenols is 1. The Kier molecular flexibility index (Phi) is 3.47. The van der Waals surface area contributed by atoms with Crippen LogP contribution in [0.5, 0.6) is 11.5 Å². The smallest absolute Gasteiger partial charge is 0.273 e. The Balaban J connectivity index is 2.27. The van der Waals surface area contributed by atoms with Crippen molar-refractivity contribution in [1.29, 1.82) is 0 Å². The molecule has 0 aromatic heterocycles. The number of ether oxygens (including phenoxy) is 1. The van der Waals surface area contributed by atoms with Crippen LogP contribution in [0.15, 0.2) is 23.9 Å². The third-order valence-corrected chi connectivity index (χ3v) is 2.54. The van der Waals surface area contributed by atoms with Crippen LogP contribution in [-0.4, -0.2) is 22.7 Å². The van der Waals surface area contributed by atoms with Gasteiger partial charge in [0.2, 0.25) is 0 Å². The second-order valence-corrected chi connectivity index (χ2v) is 4.03. The Morgan fingerprint density at radius 1 is 1.44 bits per heavy atom. The Morgan fingerprint density at radius 3 is 2.78 bits per heavy atom. The number of amides is 1. The fourth-order valence-electron chi connectivity index (χ4n) is 1.54. The van der Waals surface area contributed by atoms with Gasteiger partial charge in [0.1, 0.15) is 17.2 Å². The van der Waals surface area contributed by atoms with Crippen molar-refractivity contribution in [3.05, 3.63) is 29.5 Å². The van der Waals surface area contributed by atoms with E-state index in [2.05, 4.69) is 10.6 Å². The monoisotopic (exact) mass is 264 g/mol. The van der Waals surface area contributed by atoms with Gasteiger partial charge in [0.15, 0.2) is 5.11 Å². The quantitative estimate of drug-likeness (QED) is 0.564. The van der Waals surface area contributed by atoms with E-state index in [1.807, 2.05) is 6.92 Å². The van der Waals surface area contributed by atoms with Gasteiger partial charge in [0.25, 0.3) is 5.91 Å². The van der Waals surface area contributed by atoms with E-state index in [1.54, 1.807) is 12.1 Å². The molecule has 6 heteroatoms. The highest BCUT2D eigenvalue weighted by Crippen LogP contribution is 2.25. The predicted molar refractivity (Wildman–Crippen MR) is 71.1 cm³/mol. The molecule has 0 unspecified atom stereocenters. The molecular formula is C12H12N2O3S. The van der Waals surface area contributed by atoms with Crippen molar-refractivity contribution in [2.45, 2.75) is 6.92 Å². The summed E-state index contributed by atoms with van der Waals surface area (Å²) in [5, 5.41) is 15.2. The largest absolute Gasteiger partial charge is 0.507 e. The summed E-state index contributed by atoms with van der Waals surface area (Å²) in [6.45, 7) is 2.39. The highest BCUT2D eigenvalue weighted by molar-refractivity contribution is 7.80. The molecule has 94 valence electrons. The normalized spacial score (nSPS) is 16.6. The van der Waals surface area contributed by atoms with E-state index in [-0.39, 0.29) is 16.8 Å². The van der Waals surface area contributed by atoms with Crippen LogP contribution in [0.3, 0.4) is 0 Å². The molecule has 5 nitrogen and oxygen atoms in total. The number of benzene rings is 1. The molecule has 3 N–H and O–H groups in total. The van der Waals surface area contributed by atoms with Gasteiger partial charge in [-0.3, -0.25) is 10.1 Å². The molecule has 0 bridgehead atoms. The number of rotatable bonds is 3. The molecule has 1 saturated heterocycles. The number of aromatic hydroxyl groups is 1. The first-order chi connectivity index (χ1) is 8.60. The molecule has 0 radical (unpaired) electrons. The highest BCUT2D eigenvalue weighted by atomic mass is 32.1. The minimum absolute atomic E-state index is 0.0425. The standard InChI is InChI=1S/C12H12N2O3S/c1-2-17-8-4-3-7(10(15)6-8)5-9-11(16)14-12(18)13-9/h3-6,15H,2H2,1H3,(H2,13,14,16,18). The first-order valence-corrected chi connectivity index (χ1v) is 5.81. The Bertz CT molecular complexity index is 540. The molecule has 18 heavy (non-hydrogen) atoms. The minimum Gasteiger partial charge on any atom is -0.507 e. The van der Waals surface area contributed by atoms with Crippen LogP contribution in [0.4, 0.5) is 0 Å². The van der Waals surface area contributed by atoms with E-state index in [1.165, 1.54) is 12.1 Å². The van der Waals surface area contributed by atoms with Gasteiger partial charge in [-0.15, -0.1) is 0 Å². The van der Waals surface area contributed by atoms with Crippen molar-refractivity contribution in [3.63, 3.8) is 0 Å². The van der Waals surface area contributed by atoms with Gasteiger partial charge in [-0.05, 0) is 37.4 Å². The first-order valence-electron chi connectivity index (χ1n) is 5.40. The van der Waals surface area contributed by atoms with Gasteiger partial charge in [-0.2, -0.15) is 0 Å². The summed E-state index contributed by atoms with van der Waals surface area (Å²) >= 11 is 4.81. The Morgan fingerprint density at radius 2 is 2.22 bits per heavy atom. The van der Waals surface area contributed by atoms with Crippen LogP contribution in [-0.2, 0) is 4.79 Å². The van der Waals surface area contributed by atoms with Gasteiger partial charge in [0.05, 0.1) is 6.61 Å². The van der Waals surface area contributed by atoms with Gasteiger partial charge >= 0.3 is 0 Å². The van der Waals surface area contributed by atoms with Crippen molar-refractivity contribution < 1.29 is 14.6 Å². The average molecular weight is 264 g/mol. The zero-order valence-corrected chi connectivity index (χ0v) is 10.5. The van der Waals surface area contributed by atoms with E-state index in [0.29, 0.717) is 23.6 Å². The lowest BCUT2D eigenvalue weighted by atomic mass is 10.1. The molecule has 2 rings (SSSR count). The summed E-state index contributed by atoms with van der Waals surface area (Å²) in [6, 6.07) is 4.89. The number of thiocarbonyl (C=S) groups is 1. The maximum absolute atomic E-state index is 11.4. The zero-order chi connectivity index (χ0) is 13.1. The maximum Gasteiger partial charge on any atom is 0.273 e. The number of carbonyl (C=O) groups excluding carboxylic acids is 1. The highest BCUT2D eigenvalue weighted by Gasteiger charge is 2.20. The third kappa shape index (κ3) is 2.60. The predicted octanol–water partition coefficient (Wildman–Crippen LogP) is 1.14. The van der Waals surface area contributed by atoms with Crippen LogP contribution >= 0.6 is 12.2 Å². The van der Waals surface area contributed by atoms with Gasteiger partial charge < -0.3 is 15.2 Å². The summed E-state index contributed by atoms with van der Waals surface area (Å²) in [6.07, 6.45) is 1.53. The summed E-state index contributed by atoms with van der Waals surface area (Å²) in [4.78, 5) is 11.4. The molecule has 1 fully saturated rings. The number of phenolic OH excluding ortho intramolecular Hbond substituents is 1. The summed E-state index contributed by atoms with van der Waals surface area (Å²) in [7, 11) is 0. The molecule has 0 atom stereocenters. The molecular weight excluding hydrogens is 252 g/mol. The number of hydrogen-bond donors (Lipinski definition) is 3. The summed E-state index contributed by atoms with van der Waals surface area (Å²) in [5.74, 6) is 0.311. The van der Waals surface area contributed by atoms with Crippen LogP contribution < -0.4 is 15.4 Å². The van der Waals surface area contributed by atoms with Crippen LogP contribution in [0, 0.1) is 0 Å². The first kappa shape index (κ1) is 12.4. The molecule has 1 aliphatic rings. The van der Waals surface area contributed by atoms with Crippen LogP contribution in [0.2, 0.25) is 0 Å². The maximum atomic E-state index is 11.4. The molecule has 1 aromatic carbocycles. The summed E-state index contributed by atoms with van der Waals surface area (Å²) < 4.78 is 5.25. The lowest BCUT2D eigenvalue weighted by Gasteiger charge is -2.05. The molecule has 1 aliphatic heterocycles. The number of nitrogens with one attached hydrogen (secondary N) is 2. The van der Waals surface area contributed by atoms with E-state index in [4.69, 9.17) is 17.0 Å². The van der Waals surface area contributed by atoms with Crippen LogP contribution in [0.25, 0.3) is 6.08 Å². The van der Waals surface area contributed by atoms with E-state index >= 15 is 0 Å². The fraction of sp³-hybridized carbons (Fsp3) is 0.167. The molecule has 0 saturated carbocycles. The molecule has 1 aromatic rings. The van der Waals surface area contributed by atoms with E-state index in [9.17, 15) is 9.90 Å².